The zero-order valence-corrected chi connectivity index (χ0v) is 20.1. The van der Waals surface area contributed by atoms with Gasteiger partial charge in [0.25, 0.3) is 5.91 Å². The predicted molar refractivity (Wildman–Crippen MR) is 135 cm³/mol. The van der Waals surface area contributed by atoms with Crippen molar-refractivity contribution in [1.29, 1.82) is 0 Å². The molecule has 0 spiro atoms. The SMILES string of the molecule is Cl.Cl.N[C@H](CNC(=O)C1(c2ccc(Cl)cc2)CC1)c1ccc(C(=O)Nc2ccncc2)cc1. The summed E-state index contributed by atoms with van der Waals surface area (Å²) in [7, 11) is 0. The number of nitrogens with two attached hydrogens (primary N) is 1. The van der Waals surface area contributed by atoms with Gasteiger partial charge >= 0.3 is 0 Å². The van der Waals surface area contributed by atoms with Crippen molar-refractivity contribution in [2.75, 3.05) is 11.9 Å². The second-order valence-electron chi connectivity index (χ2n) is 7.72. The zero-order chi connectivity index (χ0) is 21.8. The standard InChI is InChI=1S/C24H23ClN4O2.2ClH/c25-19-7-5-18(6-8-19)24(11-12-24)23(31)28-15-21(26)16-1-3-17(4-2-16)22(30)29-20-9-13-27-14-10-20;;/h1-10,13-14,21H,11-12,15,26H2,(H,28,31)(H,27,29,30);2*1H/t21-;;/m1../s1. The Morgan fingerprint density at radius 2 is 1.58 bits per heavy atom. The van der Waals surface area contributed by atoms with Crippen LogP contribution in [0.3, 0.4) is 0 Å². The molecule has 0 bridgehead atoms. The number of carbonyl (C=O) groups is 2. The largest absolute Gasteiger partial charge is 0.353 e. The molecule has 1 aliphatic rings. The summed E-state index contributed by atoms with van der Waals surface area (Å²) in [5.41, 5.74) is 8.83. The zero-order valence-electron chi connectivity index (χ0n) is 17.7. The van der Waals surface area contributed by atoms with Crippen LogP contribution in [0, 0.1) is 0 Å². The molecule has 1 fully saturated rings. The molecule has 33 heavy (non-hydrogen) atoms. The lowest BCUT2D eigenvalue weighted by molar-refractivity contribution is -0.123. The van der Waals surface area contributed by atoms with E-state index in [2.05, 4.69) is 15.6 Å². The van der Waals surface area contributed by atoms with Gasteiger partial charge in [0.1, 0.15) is 0 Å². The number of carbonyl (C=O) groups excluding carboxylic acids is 2. The van der Waals surface area contributed by atoms with Crippen molar-refractivity contribution in [1.82, 2.24) is 10.3 Å². The third-order valence-corrected chi connectivity index (χ3v) is 5.86. The van der Waals surface area contributed by atoms with Gasteiger partial charge in [-0.1, -0.05) is 35.9 Å². The van der Waals surface area contributed by atoms with Crippen LogP contribution in [0.4, 0.5) is 5.69 Å². The van der Waals surface area contributed by atoms with E-state index in [-0.39, 0.29) is 42.7 Å². The lowest BCUT2D eigenvalue weighted by Crippen LogP contribution is -2.38. The topological polar surface area (TPSA) is 97.1 Å². The minimum absolute atomic E-state index is 0. The van der Waals surface area contributed by atoms with Gasteiger partial charge in [0.2, 0.25) is 5.91 Å². The number of benzene rings is 2. The molecule has 3 aromatic rings. The van der Waals surface area contributed by atoms with Gasteiger partial charge in [0.15, 0.2) is 0 Å². The number of amides is 2. The van der Waals surface area contributed by atoms with E-state index in [1.807, 2.05) is 36.4 Å². The Morgan fingerprint density at radius 3 is 2.15 bits per heavy atom. The van der Waals surface area contributed by atoms with E-state index in [9.17, 15) is 9.59 Å². The van der Waals surface area contributed by atoms with Crippen molar-refractivity contribution in [3.8, 4) is 0 Å². The van der Waals surface area contributed by atoms with Crippen LogP contribution in [0.1, 0.15) is 40.4 Å². The summed E-state index contributed by atoms with van der Waals surface area (Å²) in [5, 5.41) is 6.45. The van der Waals surface area contributed by atoms with E-state index in [4.69, 9.17) is 17.3 Å². The summed E-state index contributed by atoms with van der Waals surface area (Å²) >= 11 is 5.96. The second kappa shape index (κ2) is 11.5. The molecule has 0 aliphatic heterocycles. The first-order valence-electron chi connectivity index (χ1n) is 10.1. The molecule has 0 saturated heterocycles. The molecule has 2 amide bonds. The smallest absolute Gasteiger partial charge is 0.255 e. The Balaban J connectivity index is 0.00000193. The Kier molecular flexibility index (Phi) is 9.25. The summed E-state index contributed by atoms with van der Waals surface area (Å²) < 4.78 is 0. The molecule has 2 aromatic carbocycles. The first-order valence-corrected chi connectivity index (χ1v) is 10.5. The normalized spacial score (nSPS) is 14.1. The lowest BCUT2D eigenvalue weighted by Gasteiger charge is -2.19. The van der Waals surface area contributed by atoms with Crippen LogP contribution in [0.25, 0.3) is 0 Å². The van der Waals surface area contributed by atoms with E-state index in [1.165, 1.54) is 0 Å². The number of rotatable bonds is 7. The highest BCUT2D eigenvalue weighted by molar-refractivity contribution is 6.30. The molecule has 1 aliphatic carbocycles. The van der Waals surface area contributed by atoms with Crippen molar-refractivity contribution in [2.45, 2.75) is 24.3 Å². The van der Waals surface area contributed by atoms with Gasteiger partial charge in [-0.2, -0.15) is 0 Å². The molecular weight excluding hydrogens is 483 g/mol. The number of aromatic nitrogens is 1. The Labute approximate surface area is 210 Å². The minimum atomic E-state index is -0.473. The summed E-state index contributed by atoms with van der Waals surface area (Å²) in [6, 6.07) is 17.6. The summed E-state index contributed by atoms with van der Waals surface area (Å²) in [6.07, 6.45) is 4.86. The van der Waals surface area contributed by atoms with Gasteiger partial charge in [0.05, 0.1) is 5.41 Å². The molecule has 1 atom stereocenters. The second-order valence-corrected chi connectivity index (χ2v) is 8.15. The fourth-order valence-corrected chi connectivity index (χ4v) is 3.68. The molecule has 174 valence electrons. The molecule has 1 heterocycles. The first-order chi connectivity index (χ1) is 15.0. The predicted octanol–water partition coefficient (Wildman–Crippen LogP) is 4.68. The molecule has 9 heteroatoms. The van der Waals surface area contributed by atoms with Crippen molar-refractivity contribution in [3.05, 3.63) is 94.8 Å². The van der Waals surface area contributed by atoms with Crippen LogP contribution in [-0.4, -0.2) is 23.3 Å². The van der Waals surface area contributed by atoms with Crippen LogP contribution in [0.15, 0.2) is 73.1 Å². The minimum Gasteiger partial charge on any atom is -0.353 e. The van der Waals surface area contributed by atoms with Crippen LogP contribution in [0.2, 0.25) is 5.02 Å². The average molecular weight is 508 g/mol. The molecule has 1 saturated carbocycles. The summed E-state index contributed by atoms with van der Waals surface area (Å²) in [5.74, 6) is -0.225. The van der Waals surface area contributed by atoms with Gasteiger partial charge in [-0.15, -0.1) is 24.8 Å². The molecule has 4 rings (SSSR count). The van der Waals surface area contributed by atoms with Crippen LogP contribution in [-0.2, 0) is 10.2 Å². The van der Waals surface area contributed by atoms with E-state index in [0.29, 0.717) is 22.8 Å². The van der Waals surface area contributed by atoms with E-state index >= 15 is 0 Å². The molecule has 0 radical (unpaired) electrons. The van der Waals surface area contributed by atoms with Crippen molar-refractivity contribution in [2.24, 2.45) is 5.73 Å². The van der Waals surface area contributed by atoms with E-state index in [0.717, 1.165) is 24.0 Å². The fourth-order valence-electron chi connectivity index (χ4n) is 3.55. The maximum atomic E-state index is 12.8. The average Bonchev–Trinajstić information content (AvgIpc) is 3.60. The highest BCUT2D eigenvalue weighted by Crippen LogP contribution is 2.48. The number of nitrogens with zero attached hydrogens (tertiary/aromatic N) is 1. The number of hydrogen-bond acceptors (Lipinski definition) is 4. The van der Waals surface area contributed by atoms with Crippen molar-refractivity contribution in [3.63, 3.8) is 0 Å². The van der Waals surface area contributed by atoms with Crippen LogP contribution in [0.5, 0.6) is 0 Å². The molecule has 1 aromatic heterocycles. The Morgan fingerprint density at radius 1 is 0.970 bits per heavy atom. The molecule has 0 unspecified atom stereocenters. The Bertz CT molecular complexity index is 1070. The van der Waals surface area contributed by atoms with E-state index in [1.54, 1.807) is 36.7 Å². The van der Waals surface area contributed by atoms with Gasteiger partial charge < -0.3 is 16.4 Å². The Hall–Kier alpha value is -2.64. The van der Waals surface area contributed by atoms with Gasteiger partial charge in [-0.05, 0) is 60.4 Å². The summed E-state index contributed by atoms with van der Waals surface area (Å²) in [4.78, 5) is 29.1. The highest BCUT2D eigenvalue weighted by Gasteiger charge is 2.51. The lowest BCUT2D eigenvalue weighted by atomic mass is 9.95. The van der Waals surface area contributed by atoms with Crippen LogP contribution >= 0.6 is 36.4 Å². The van der Waals surface area contributed by atoms with Gasteiger partial charge in [0, 0.05) is 41.3 Å². The number of halogens is 3. The maximum absolute atomic E-state index is 12.8. The molecular formula is C24H25Cl3N4O2. The first kappa shape index (κ1) is 26.6. The summed E-state index contributed by atoms with van der Waals surface area (Å²) in [6.45, 7) is 0.316. The number of pyridine rings is 1. The number of nitrogens with one attached hydrogen (secondary N) is 2. The molecule has 4 N–H and O–H groups in total. The number of hydrogen-bond donors (Lipinski definition) is 3. The van der Waals surface area contributed by atoms with Crippen molar-refractivity contribution < 1.29 is 9.59 Å². The third-order valence-electron chi connectivity index (χ3n) is 5.60. The quantitative estimate of drug-likeness (QED) is 0.432. The fraction of sp³-hybridized carbons (Fsp3) is 0.208. The van der Waals surface area contributed by atoms with Gasteiger partial charge in [-0.25, -0.2) is 0 Å². The highest BCUT2D eigenvalue weighted by atomic mass is 35.5. The molecule has 6 nitrogen and oxygen atoms in total. The van der Waals surface area contributed by atoms with Crippen LogP contribution < -0.4 is 16.4 Å². The van der Waals surface area contributed by atoms with E-state index < -0.39 is 5.41 Å². The number of anilines is 1. The monoisotopic (exact) mass is 506 g/mol. The third kappa shape index (κ3) is 6.24. The maximum Gasteiger partial charge on any atom is 0.255 e. The van der Waals surface area contributed by atoms with Crippen molar-refractivity contribution >= 4 is 53.9 Å². The van der Waals surface area contributed by atoms with Gasteiger partial charge in [-0.3, -0.25) is 14.6 Å².